The van der Waals surface area contributed by atoms with Gasteiger partial charge in [0.2, 0.25) is 5.91 Å². The highest BCUT2D eigenvalue weighted by molar-refractivity contribution is 5.87. The highest BCUT2D eigenvalue weighted by Gasteiger charge is 2.24. The summed E-state index contributed by atoms with van der Waals surface area (Å²) in [5, 5.41) is 3.78. The van der Waals surface area contributed by atoms with Crippen LogP contribution in [0.1, 0.15) is 43.9 Å². The molecule has 1 amide bonds. The first-order valence-corrected chi connectivity index (χ1v) is 11.1. The van der Waals surface area contributed by atoms with Crippen molar-refractivity contribution < 1.29 is 13.6 Å². The van der Waals surface area contributed by atoms with Crippen molar-refractivity contribution in [2.24, 2.45) is 0 Å². The van der Waals surface area contributed by atoms with E-state index >= 15 is 0 Å². The van der Waals surface area contributed by atoms with E-state index in [0.29, 0.717) is 0 Å². The van der Waals surface area contributed by atoms with Crippen molar-refractivity contribution in [3.8, 4) is 5.69 Å². The summed E-state index contributed by atoms with van der Waals surface area (Å²) in [6.45, 7) is 5.06. The van der Waals surface area contributed by atoms with Gasteiger partial charge in [-0.3, -0.25) is 9.69 Å². The Morgan fingerprint density at radius 1 is 1.00 bits per heavy atom. The van der Waals surface area contributed by atoms with Crippen molar-refractivity contribution in [1.29, 1.82) is 0 Å². The Balaban J connectivity index is 1.47. The molecule has 2 aromatic carbocycles. The Kier molecular flexibility index (Phi) is 6.66. The number of fused-ring (bicyclic) bond motifs is 3. The van der Waals surface area contributed by atoms with Gasteiger partial charge in [-0.1, -0.05) is 12.8 Å². The number of amides is 1. The van der Waals surface area contributed by atoms with Crippen LogP contribution in [0.25, 0.3) is 16.6 Å². The predicted molar refractivity (Wildman–Crippen MR) is 119 cm³/mol. The van der Waals surface area contributed by atoms with E-state index in [0.717, 1.165) is 74.9 Å². The van der Waals surface area contributed by atoms with E-state index in [1.807, 2.05) is 6.07 Å². The maximum atomic E-state index is 14.1. The van der Waals surface area contributed by atoms with Gasteiger partial charge >= 0.3 is 0 Å². The zero-order chi connectivity index (χ0) is 21.8. The van der Waals surface area contributed by atoms with Gasteiger partial charge in [0, 0.05) is 49.7 Å². The molecule has 4 nitrogen and oxygen atoms in total. The van der Waals surface area contributed by atoms with Gasteiger partial charge < -0.3 is 9.88 Å². The van der Waals surface area contributed by atoms with Crippen molar-refractivity contribution in [3.63, 3.8) is 0 Å². The van der Waals surface area contributed by atoms with E-state index in [1.54, 1.807) is 25.1 Å². The molecule has 0 saturated heterocycles. The van der Waals surface area contributed by atoms with Crippen molar-refractivity contribution in [3.05, 3.63) is 65.4 Å². The summed E-state index contributed by atoms with van der Waals surface area (Å²) >= 11 is 0. The van der Waals surface area contributed by atoms with Crippen molar-refractivity contribution in [2.45, 2.75) is 45.6 Å². The van der Waals surface area contributed by atoms with Crippen LogP contribution in [-0.4, -0.2) is 35.0 Å². The fourth-order valence-electron chi connectivity index (χ4n) is 4.54. The van der Waals surface area contributed by atoms with Crippen LogP contribution in [0, 0.1) is 11.6 Å². The summed E-state index contributed by atoms with van der Waals surface area (Å²) in [6, 6.07) is 11.5. The lowest BCUT2D eigenvalue weighted by molar-refractivity contribution is -0.118. The minimum absolute atomic E-state index is 0.0281. The molecule has 2 heterocycles. The summed E-state index contributed by atoms with van der Waals surface area (Å²) in [5.74, 6) is -0.466. The van der Waals surface area contributed by atoms with E-state index in [2.05, 4.69) is 14.8 Å². The number of unbranched alkanes of at least 4 members (excludes halogenated alkanes) is 3. The molecule has 1 aliphatic heterocycles. The van der Waals surface area contributed by atoms with Gasteiger partial charge in [-0.05, 0) is 67.4 Å². The molecule has 1 aromatic heterocycles. The molecular formula is C25H29F2N3O. The lowest BCUT2D eigenvalue weighted by Gasteiger charge is -2.28. The average Bonchev–Trinajstić information content (AvgIpc) is 3.06. The number of hydrogen-bond donors (Lipinski definition) is 1. The number of hydrogen-bond acceptors (Lipinski definition) is 2. The highest BCUT2D eigenvalue weighted by Crippen LogP contribution is 2.34. The van der Waals surface area contributed by atoms with Crippen molar-refractivity contribution in [2.75, 3.05) is 19.6 Å². The molecule has 164 valence electrons. The summed E-state index contributed by atoms with van der Waals surface area (Å²) in [6.07, 6.45) is 5.24. The second-order valence-corrected chi connectivity index (χ2v) is 8.32. The minimum Gasteiger partial charge on any atom is -0.356 e. The first-order chi connectivity index (χ1) is 15.0. The number of benzene rings is 2. The maximum Gasteiger partial charge on any atom is 0.216 e. The zero-order valence-corrected chi connectivity index (χ0v) is 18.0. The van der Waals surface area contributed by atoms with E-state index in [1.165, 1.54) is 29.5 Å². The Bertz CT molecular complexity index is 1060. The van der Waals surface area contributed by atoms with E-state index < -0.39 is 0 Å². The van der Waals surface area contributed by atoms with Gasteiger partial charge in [-0.25, -0.2) is 8.78 Å². The van der Waals surface area contributed by atoms with Crippen LogP contribution >= 0.6 is 0 Å². The Morgan fingerprint density at radius 3 is 2.52 bits per heavy atom. The second-order valence-electron chi connectivity index (χ2n) is 8.32. The van der Waals surface area contributed by atoms with Gasteiger partial charge in [0.25, 0.3) is 0 Å². The largest absolute Gasteiger partial charge is 0.356 e. The normalized spacial score (nSPS) is 14.0. The number of carbonyl (C=O) groups excluding carboxylic acids is 1. The van der Waals surface area contributed by atoms with Crippen molar-refractivity contribution in [1.82, 2.24) is 14.8 Å². The summed E-state index contributed by atoms with van der Waals surface area (Å²) < 4.78 is 29.7. The zero-order valence-electron chi connectivity index (χ0n) is 18.0. The first kappa shape index (κ1) is 21.5. The fraction of sp³-hybridized carbons (Fsp3) is 0.400. The molecule has 0 saturated carbocycles. The topological polar surface area (TPSA) is 37.3 Å². The Hall–Kier alpha value is -2.73. The summed E-state index contributed by atoms with van der Waals surface area (Å²) in [5.41, 5.74) is 4.25. The summed E-state index contributed by atoms with van der Waals surface area (Å²) in [4.78, 5) is 13.3. The van der Waals surface area contributed by atoms with Gasteiger partial charge in [0.05, 0.1) is 5.52 Å². The van der Waals surface area contributed by atoms with E-state index in [-0.39, 0.29) is 17.5 Å². The number of carbonyl (C=O) groups is 1. The summed E-state index contributed by atoms with van der Waals surface area (Å²) in [7, 11) is 0. The molecule has 0 unspecified atom stereocenters. The lowest BCUT2D eigenvalue weighted by atomic mass is 10.0. The SMILES string of the molecule is CC(=O)NCCCCCCN1CCc2c(c3cc(F)ccc3n2-c2ccc(F)cc2)C1. The van der Waals surface area contributed by atoms with Gasteiger partial charge in [0.15, 0.2) is 0 Å². The first-order valence-electron chi connectivity index (χ1n) is 11.1. The molecule has 3 aromatic rings. The number of nitrogens with zero attached hydrogens (tertiary/aromatic N) is 2. The monoisotopic (exact) mass is 425 g/mol. The van der Waals surface area contributed by atoms with Crippen LogP contribution in [0.3, 0.4) is 0 Å². The molecule has 1 N–H and O–H groups in total. The van der Waals surface area contributed by atoms with Crippen LogP contribution in [0.5, 0.6) is 0 Å². The molecule has 0 spiro atoms. The standard InChI is InChI=1S/C25H29F2N3O/c1-18(31)28-13-4-2-3-5-14-29-15-12-25-23(17-29)22-16-20(27)8-11-24(22)30(25)21-9-6-19(26)7-10-21/h6-11,16H,2-5,12-15,17H2,1H3,(H,28,31). The van der Waals surface area contributed by atoms with Gasteiger partial charge in [-0.2, -0.15) is 0 Å². The molecule has 0 bridgehead atoms. The molecule has 4 rings (SSSR count). The molecule has 0 fully saturated rings. The van der Waals surface area contributed by atoms with Crippen LogP contribution in [0.4, 0.5) is 8.78 Å². The number of rotatable bonds is 8. The molecule has 0 radical (unpaired) electrons. The average molecular weight is 426 g/mol. The maximum absolute atomic E-state index is 14.1. The molecule has 0 atom stereocenters. The van der Waals surface area contributed by atoms with Crippen LogP contribution < -0.4 is 5.32 Å². The third-order valence-corrected chi connectivity index (χ3v) is 6.05. The van der Waals surface area contributed by atoms with E-state index in [4.69, 9.17) is 0 Å². The van der Waals surface area contributed by atoms with Crippen LogP contribution in [0.2, 0.25) is 0 Å². The molecule has 0 aliphatic carbocycles. The van der Waals surface area contributed by atoms with Gasteiger partial charge in [0.1, 0.15) is 11.6 Å². The Labute approximate surface area is 181 Å². The molecular weight excluding hydrogens is 396 g/mol. The molecule has 6 heteroatoms. The predicted octanol–water partition coefficient (Wildman–Crippen LogP) is 4.96. The number of halogens is 2. The third kappa shape index (κ3) is 4.96. The fourth-order valence-corrected chi connectivity index (χ4v) is 4.54. The Morgan fingerprint density at radius 2 is 1.74 bits per heavy atom. The minimum atomic E-state index is -0.261. The second kappa shape index (κ2) is 9.60. The third-order valence-electron chi connectivity index (χ3n) is 6.05. The molecule has 31 heavy (non-hydrogen) atoms. The smallest absolute Gasteiger partial charge is 0.216 e. The van der Waals surface area contributed by atoms with Crippen molar-refractivity contribution >= 4 is 16.8 Å². The number of nitrogens with one attached hydrogen (secondary N) is 1. The number of aromatic nitrogens is 1. The lowest BCUT2D eigenvalue weighted by Crippen LogP contribution is -2.31. The van der Waals surface area contributed by atoms with E-state index in [9.17, 15) is 13.6 Å². The van der Waals surface area contributed by atoms with Gasteiger partial charge in [-0.15, -0.1) is 0 Å². The van der Waals surface area contributed by atoms with Crippen LogP contribution in [-0.2, 0) is 17.8 Å². The van der Waals surface area contributed by atoms with Crippen LogP contribution in [0.15, 0.2) is 42.5 Å². The quantitative estimate of drug-likeness (QED) is 0.518. The molecule has 1 aliphatic rings. The highest BCUT2D eigenvalue weighted by atomic mass is 19.1.